The number of aromatic nitrogens is 10. The number of nitrogens with one attached hydrogen (secondary N) is 1. The largest absolute Gasteiger partial charge is 0.356 e. The van der Waals surface area contributed by atoms with Gasteiger partial charge in [-0.05, 0) is 60.8 Å². The molecule has 6 aromatic heterocycles. The molecule has 4 unspecified atom stereocenters. The van der Waals surface area contributed by atoms with Crippen molar-refractivity contribution in [3.63, 3.8) is 0 Å². The number of anilines is 2. The maximum atomic E-state index is 12.7. The molecule has 0 radical (unpaired) electrons. The second-order valence-corrected chi connectivity index (χ2v) is 16.9. The SMILES string of the molecule is CC1C=Nc2nc[nH]c(=O)c21.Cc1ccc(N2C[C@@H]3C(c4noc(CCl)n4)[C@@H]3C2)nc1.Cc1ccc(N2C[C@@H]3C(c4noc(Cn5cnc6c(c5=O)C(C)C=N6)n4)[C@@H]3C2)nc1. The van der Waals surface area contributed by atoms with Crippen LogP contribution in [0.5, 0.6) is 0 Å². The summed E-state index contributed by atoms with van der Waals surface area (Å²) in [6.45, 7) is 12.2. The van der Waals surface area contributed by atoms with E-state index < -0.39 is 0 Å². The summed E-state index contributed by atoms with van der Waals surface area (Å²) < 4.78 is 12.1. The maximum absolute atomic E-state index is 12.7. The van der Waals surface area contributed by atoms with Crippen molar-refractivity contribution in [3.05, 3.63) is 116 Å². The monoisotopic (exact) mass is 842 g/mol. The number of hydrogen-bond donors (Lipinski definition) is 1. The lowest BCUT2D eigenvalue weighted by molar-refractivity contribution is 0.363. The first-order chi connectivity index (χ1) is 29.6. The minimum absolute atomic E-state index is 0.0255. The third-order valence-corrected chi connectivity index (χ3v) is 12.7. The lowest BCUT2D eigenvalue weighted by Crippen LogP contribution is -2.25. The summed E-state index contributed by atoms with van der Waals surface area (Å²) in [5, 5.41) is 8.24. The number of aliphatic imine (C=N–C) groups is 2. The number of pyridine rings is 2. The van der Waals surface area contributed by atoms with Crippen LogP contribution in [0.15, 0.2) is 77.9 Å². The van der Waals surface area contributed by atoms with Crippen LogP contribution in [0, 0.1) is 37.5 Å². The number of fused-ring (bicyclic) bond motifs is 4. The van der Waals surface area contributed by atoms with Gasteiger partial charge in [0.2, 0.25) is 11.8 Å². The molecule has 0 bridgehead atoms. The summed E-state index contributed by atoms with van der Waals surface area (Å²) in [4.78, 5) is 65.3. The van der Waals surface area contributed by atoms with Gasteiger partial charge in [-0.25, -0.2) is 29.9 Å². The van der Waals surface area contributed by atoms with E-state index in [9.17, 15) is 9.59 Å². The third kappa shape index (κ3) is 7.42. The highest BCUT2D eigenvalue weighted by Gasteiger charge is 2.59. The Balaban J connectivity index is 0.000000123. The molecule has 10 heterocycles. The Morgan fingerprint density at radius 2 is 1.23 bits per heavy atom. The number of aryl methyl sites for hydroxylation is 2. The topological polar surface area (TPSA) is 215 Å². The van der Waals surface area contributed by atoms with E-state index in [1.54, 1.807) is 12.4 Å². The fraction of sp³-hybridized carbons (Fsp3) is 0.429. The van der Waals surface area contributed by atoms with Crippen molar-refractivity contribution in [2.24, 2.45) is 33.7 Å². The van der Waals surface area contributed by atoms with Gasteiger partial charge in [-0.3, -0.25) is 14.2 Å². The third-order valence-electron chi connectivity index (χ3n) is 12.5. The molecule has 4 fully saturated rings. The standard InChI is InChI=1S/C21H21N7O2.C14H15ClN4O.C7H7N3O/c1-11-3-4-15(22-5-11)27-7-13-14(8-27)18(13)20-25-16(30-26-20)9-28-10-24-19-17(21(28)29)12(2)6-23-19;1-8-2-3-11(16-5-8)19-6-9-10(7-19)13(9)14-17-12(4-15)20-18-14;1-4-2-8-6-5(4)7(11)10-3-9-6/h3-6,10,12-14,18H,7-9H2,1-2H3;2-3,5,9-10,13H,4,6-7H2,1H3;2-4H,1H3,(H,9,10,11)/t12?,13-,14+,18?;9-,10+,13?;. The Kier molecular flexibility index (Phi) is 9.88. The zero-order valence-electron chi connectivity index (χ0n) is 34.0. The molecule has 2 aliphatic carbocycles. The Hall–Kier alpha value is -6.43. The molecule has 0 aromatic carbocycles. The zero-order valence-corrected chi connectivity index (χ0v) is 34.7. The van der Waals surface area contributed by atoms with Gasteiger partial charge in [0.1, 0.15) is 30.4 Å². The number of halogens is 1. The van der Waals surface area contributed by atoms with E-state index in [1.165, 1.54) is 28.3 Å². The van der Waals surface area contributed by atoms with Crippen LogP contribution in [0.2, 0.25) is 0 Å². The van der Waals surface area contributed by atoms with Gasteiger partial charge in [-0.2, -0.15) is 9.97 Å². The number of hydrogen-bond acceptors (Lipinski definition) is 16. The Labute approximate surface area is 354 Å². The fourth-order valence-corrected chi connectivity index (χ4v) is 9.21. The van der Waals surface area contributed by atoms with Gasteiger partial charge < -0.3 is 23.8 Å². The van der Waals surface area contributed by atoms with E-state index in [2.05, 4.69) is 96.2 Å². The van der Waals surface area contributed by atoms with Gasteiger partial charge in [-0.15, -0.1) is 11.6 Å². The molecule has 312 valence electrons. The molecule has 12 rings (SSSR count). The summed E-state index contributed by atoms with van der Waals surface area (Å²) in [5.74, 6) is 9.12. The number of piperidine rings is 2. The fourth-order valence-electron chi connectivity index (χ4n) is 9.10. The average molecular weight is 843 g/mol. The molecule has 6 aliphatic rings. The van der Waals surface area contributed by atoms with Crippen molar-refractivity contribution < 1.29 is 9.05 Å². The summed E-state index contributed by atoms with van der Waals surface area (Å²) in [5.41, 5.74) is 3.47. The van der Waals surface area contributed by atoms with Gasteiger partial charge in [-0.1, -0.05) is 36.3 Å². The number of aromatic amines is 1. The van der Waals surface area contributed by atoms with Crippen LogP contribution in [-0.2, 0) is 12.4 Å². The van der Waals surface area contributed by atoms with E-state index in [4.69, 9.17) is 20.6 Å². The van der Waals surface area contributed by atoms with Crippen LogP contribution < -0.4 is 20.9 Å². The van der Waals surface area contributed by atoms with Gasteiger partial charge in [0.05, 0.1) is 17.5 Å². The number of rotatable bonds is 7. The van der Waals surface area contributed by atoms with Crippen molar-refractivity contribution in [2.75, 3.05) is 36.0 Å². The number of nitrogens with zero attached hydrogens (tertiary/aromatic N) is 13. The zero-order chi connectivity index (χ0) is 41.9. The summed E-state index contributed by atoms with van der Waals surface area (Å²) in [7, 11) is 0. The molecule has 2 saturated carbocycles. The Morgan fingerprint density at radius 1 is 0.705 bits per heavy atom. The highest BCUT2D eigenvalue weighted by atomic mass is 35.5. The molecule has 0 amide bonds. The van der Waals surface area contributed by atoms with Crippen LogP contribution >= 0.6 is 11.6 Å². The van der Waals surface area contributed by atoms with Gasteiger partial charge in [0.25, 0.3) is 11.1 Å². The first-order valence-electron chi connectivity index (χ1n) is 20.4. The lowest BCUT2D eigenvalue weighted by atomic mass is 10.1. The molecule has 61 heavy (non-hydrogen) atoms. The minimum Gasteiger partial charge on any atom is -0.356 e. The van der Waals surface area contributed by atoms with E-state index in [0.717, 1.165) is 49.5 Å². The van der Waals surface area contributed by atoms with Gasteiger partial charge in [0, 0.05) is 74.7 Å². The second-order valence-electron chi connectivity index (χ2n) is 16.6. The van der Waals surface area contributed by atoms with Crippen molar-refractivity contribution in [2.45, 2.75) is 63.8 Å². The molecule has 18 nitrogen and oxygen atoms in total. The first kappa shape index (κ1) is 38.8. The van der Waals surface area contributed by atoms with Crippen LogP contribution in [0.1, 0.15) is 83.2 Å². The smallest absolute Gasteiger partial charge is 0.259 e. The van der Waals surface area contributed by atoms with Crippen LogP contribution in [-0.4, -0.2) is 88.4 Å². The molecule has 1 N–H and O–H groups in total. The van der Waals surface area contributed by atoms with E-state index in [-0.39, 0.29) is 35.4 Å². The molecule has 19 heteroatoms. The highest BCUT2D eigenvalue weighted by molar-refractivity contribution is 6.16. The first-order valence-corrected chi connectivity index (χ1v) is 21.0. The molecular formula is C42H43ClN14O4. The Morgan fingerprint density at radius 3 is 1.74 bits per heavy atom. The molecular weight excluding hydrogens is 800 g/mol. The van der Waals surface area contributed by atoms with Crippen LogP contribution in [0.3, 0.4) is 0 Å². The summed E-state index contributed by atoms with van der Waals surface area (Å²) in [6, 6.07) is 8.37. The molecule has 0 spiro atoms. The molecule has 2 saturated heterocycles. The number of alkyl halides is 1. The lowest BCUT2D eigenvalue weighted by Gasteiger charge is -2.20. The van der Waals surface area contributed by atoms with E-state index in [1.807, 2.05) is 33.2 Å². The van der Waals surface area contributed by atoms with Crippen LogP contribution in [0.25, 0.3) is 0 Å². The van der Waals surface area contributed by atoms with Gasteiger partial charge >= 0.3 is 0 Å². The highest BCUT2D eigenvalue weighted by Crippen LogP contribution is 2.58. The predicted octanol–water partition coefficient (Wildman–Crippen LogP) is 5.00. The Bertz CT molecular complexity index is 2740. The minimum atomic E-state index is -0.103. The normalized spacial score (nSPS) is 25.6. The van der Waals surface area contributed by atoms with E-state index in [0.29, 0.717) is 70.1 Å². The van der Waals surface area contributed by atoms with E-state index >= 15 is 0 Å². The van der Waals surface area contributed by atoms with Gasteiger partial charge in [0.15, 0.2) is 23.3 Å². The second kappa shape index (κ2) is 15.6. The molecule has 6 aromatic rings. The summed E-state index contributed by atoms with van der Waals surface area (Å²) in [6.07, 6.45) is 10.2. The quantitative estimate of drug-likeness (QED) is 0.210. The van der Waals surface area contributed by atoms with Crippen molar-refractivity contribution in [3.8, 4) is 0 Å². The predicted molar refractivity (Wildman–Crippen MR) is 226 cm³/mol. The summed E-state index contributed by atoms with van der Waals surface area (Å²) >= 11 is 5.69. The average Bonchev–Trinajstić information content (AvgIpc) is 3.83. The van der Waals surface area contributed by atoms with Crippen molar-refractivity contribution in [1.82, 2.24) is 49.8 Å². The van der Waals surface area contributed by atoms with Crippen LogP contribution in [0.4, 0.5) is 23.3 Å². The van der Waals surface area contributed by atoms with Crippen molar-refractivity contribution >= 4 is 47.3 Å². The van der Waals surface area contributed by atoms with Crippen molar-refractivity contribution in [1.29, 1.82) is 0 Å². The molecule has 4 aliphatic heterocycles. The number of H-pyrrole nitrogens is 1. The molecule has 8 atom stereocenters. The maximum Gasteiger partial charge on any atom is 0.259 e.